The monoisotopic (exact) mass is 617 g/mol. The summed E-state index contributed by atoms with van der Waals surface area (Å²) in [4.78, 5) is 49.3. The quantitative estimate of drug-likeness (QED) is 0.223. The molecule has 0 aliphatic rings. The molecule has 2 amide bonds. The standard InChI is InChI=1S/C28H45N3O5.C2HF3O2/c1-18(2)21(17-19(3)26(35)36)31(9)25(34)23(27(4,5)6)30-24(33)22(29-15-16-32)28(7,8)20-13-11-10-12-14-20;3-2(4,5)1(6)7/h10-14,17-18,21-23,29,32H,15-16H2,1-9H3,(H,30,33)(H,35,36);(H,6,7)/b19-17+;/t21-,22-,23-;/m1./s1. The Balaban J connectivity index is 0.00000223. The maximum atomic E-state index is 13.8. The molecule has 0 bridgehead atoms. The molecule has 10 nitrogen and oxygen atoms in total. The van der Waals surface area contributed by atoms with Crippen molar-refractivity contribution >= 4 is 23.8 Å². The highest BCUT2D eigenvalue weighted by Gasteiger charge is 2.42. The zero-order chi connectivity index (χ0) is 33.9. The van der Waals surface area contributed by atoms with Gasteiger partial charge in [0.15, 0.2) is 0 Å². The first-order chi connectivity index (χ1) is 19.5. The van der Waals surface area contributed by atoms with Crippen LogP contribution in [-0.4, -0.2) is 88.5 Å². The second-order valence-corrected chi connectivity index (χ2v) is 12.1. The van der Waals surface area contributed by atoms with E-state index >= 15 is 0 Å². The van der Waals surface area contributed by atoms with Gasteiger partial charge in [-0.2, -0.15) is 13.2 Å². The number of carboxylic acid groups (broad SMARTS) is 2. The van der Waals surface area contributed by atoms with Gasteiger partial charge in [0.2, 0.25) is 11.8 Å². The number of carbonyl (C=O) groups is 4. The van der Waals surface area contributed by atoms with E-state index in [1.54, 1.807) is 13.1 Å². The van der Waals surface area contributed by atoms with Crippen molar-refractivity contribution in [3.63, 3.8) is 0 Å². The average molecular weight is 618 g/mol. The number of carbonyl (C=O) groups excluding carboxylic acids is 2. The molecule has 244 valence electrons. The predicted octanol–water partition coefficient (Wildman–Crippen LogP) is 3.59. The number of alkyl halides is 3. The van der Waals surface area contributed by atoms with Crippen molar-refractivity contribution in [3.05, 3.63) is 47.5 Å². The molecular weight excluding hydrogens is 571 g/mol. The lowest BCUT2D eigenvalue weighted by Gasteiger charge is -2.40. The van der Waals surface area contributed by atoms with Gasteiger partial charge in [-0.1, -0.05) is 84.9 Å². The molecule has 3 atom stereocenters. The number of hydrogen-bond donors (Lipinski definition) is 5. The Labute approximate surface area is 251 Å². The number of benzene rings is 1. The molecule has 1 aromatic rings. The minimum atomic E-state index is -5.08. The summed E-state index contributed by atoms with van der Waals surface area (Å²) in [5.74, 6) is -4.49. The van der Waals surface area contributed by atoms with E-state index in [1.807, 2.05) is 78.8 Å². The fourth-order valence-electron chi connectivity index (χ4n) is 4.22. The Morgan fingerprint density at radius 1 is 0.953 bits per heavy atom. The second-order valence-electron chi connectivity index (χ2n) is 12.1. The minimum Gasteiger partial charge on any atom is -0.478 e. The van der Waals surface area contributed by atoms with Crippen LogP contribution in [0.2, 0.25) is 0 Å². The number of nitrogens with one attached hydrogen (secondary N) is 2. The van der Waals surface area contributed by atoms with Gasteiger partial charge in [-0.3, -0.25) is 9.59 Å². The summed E-state index contributed by atoms with van der Waals surface area (Å²) >= 11 is 0. The molecule has 0 aromatic heterocycles. The smallest absolute Gasteiger partial charge is 0.478 e. The Hall–Kier alpha value is -3.45. The molecule has 0 heterocycles. The van der Waals surface area contributed by atoms with Gasteiger partial charge in [0, 0.05) is 24.6 Å². The third-order valence-corrected chi connectivity index (χ3v) is 6.84. The lowest BCUT2D eigenvalue weighted by molar-refractivity contribution is -0.192. The Morgan fingerprint density at radius 3 is 1.81 bits per heavy atom. The molecule has 13 heteroatoms. The fourth-order valence-corrected chi connectivity index (χ4v) is 4.22. The van der Waals surface area contributed by atoms with Crippen molar-refractivity contribution in [3.8, 4) is 0 Å². The van der Waals surface area contributed by atoms with Crippen LogP contribution >= 0.6 is 0 Å². The number of hydrogen-bond acceptors (Lipinski definition) is 6. The molecule has 1 rings (SSSR count). The number of nitrogens with zero attached hydrogens (tertiary/aromatic N) is 1. The largest absolute Gasteiger partial charge is 0.490 e. The number of aliphatic hydroxyl groups is 1. The predicted molar refractivity (Wildman–Crippen MR) is 156 cm³/mol. The maximum Gasteiger partial charge on any atom is 0.490 e. The lowest BCUT2D eigenvalue weighted by atomic mass is 9.76. The van der Waals surface area contributed by atoms with Crippen LogP contribution in [0.15, 0.2) is 42.0 Å². The van der Waals surface area contributed by atoms with Crippen molar-refractivity contribution in [1.29, 1.82) is 0 Å². The number of carboxylic acids is 2. The van der Waals surface area contributed by atoms with Crippen LogP contribution in [0.4, 0.5) is 13.2 Å². The van der Waals surface area contributed by atoms with E-state index in [9.17, 15) is 37.8 Å². The van der Waals surface area contributed by atoms with Gasteiger partial charge in [0.05, 0.1) is 18.7 Å². The van der Waals surface area contributed by atoms with E-state index in [4.69, 9.17) is 9.90 Å². The molecule has 0 radical (unpaired) electrons. The molecule has 0 fully saturated rings. The molecule has 0 aliphatic heterocycles. The third-order valence-electron chi connectivity index (χ3n) is 6.84. The van der Waals surface area contributed by atoms with E-state index in [1.165, 1.54) is 11.8 Å². The molecule has 1 aromatic carbocycles. The van der Waals surface area contributed by atoms with Gasteiger partial charge in [-0.15, -0.1) is 0 Å². The molecule has 0 saturated heterocycles. The number of aliphatic carboxylic acids is 2. The fraction of sp³-hybridized carbons (Fsp3) is 0.600. The Kier molecular flexibility index (Phi) is 15.1. The number of rotatable bonds is 12. The van der Waals surface area contributed by atoms with Crippen molar-refractivity contribution in [2.45, 2.75) is 85.1 Å². The van der Waals surface area contributed by atoms with Gasteiger partial charge < -0.3 is 30.9 Å². The molecular formula is C30H46F3N3O7. The molecule has 5 N–H and O–H groups in total. The molecule has 43 heavy (non-hydrogen) atoms. The van der Waals surface area contributed by atoms with Crippen molar-refractivity contribution in [1.82, 2.24) is 15.5 Å². The van der Waals surface area contributed by atoms with Crippen LogP contribution in [-0.2, 0) is 24.6 Å². The Morgan fingerprint density at radius 2 is 1.44 bits per heavy atom. The van der Waals surface area contributed by atoms with Crippen LogP contribution in [0.25, 0.3) is 0 Å². The normalized spacial score (nSPS) is 14.6. The van der Waals surface area contributed by atoms with Crippen LogP contribution in [0.3, 0.4) is 0 Å². The first-order valence-corrected chi connectivity index (χ1v) is 13.7. The molecule has 0 aliphatic carbocycles. The molecule has 0 unspecified atom stereocenters. The van der Waals surface area contributed by atoms with Gasteiger partial charge in [-0.25, -0.2) is 9.59 Å². The van der Waals surface area contributed by atoms with Gasteiger partial charge in [0.1, 0.15) is 6.04 Å². The number of amides is 2. The highest BCUT2D eigenvalue weighted by molar-refractivity contribution is 5.91. The van der Waals surface area contributed by atoms with E-state index in [0.29, 0.717) is 0 Å². The summed E-state index contributed by atoms with van der Waals surface area (Å²) in [6.07, 6.45) is -3.50. The minimum absolute atomic E-state index is 0.0412. The van der Waals surface area contributed by atoms with Crippen LogP contribution in [0, 0.1) is 11.3 Å². The van der Waals surface area contributed by atoms with Gasteiger partial charge >= 0.3 is 18.1 Å². The Bertz CT molecular complexity index is 1110. The molecule has 0 spiro atoms. The topological polar surface area (TPSA) is 156 Å². The van der Waals surface area contributed by atoms with Gasteiger partial charge in [0.25, 0.3) is 0 Å². The first-order valence-electron chi connectivity index (χ1n) is 13.7. The van der Waals surface area contributed by atoms with Crippen LogP contribution in [0.5, 0.6) is 0 Å². The highest BCUT2D eigenvalue weighted by Crippen LogP contribution is 2.29. The number of likely N-dealkylation sites (N-methyl/N-ethyl adjacent to an activating group) is 1. The van der Waals surface area contributed by atoms with E-state index in [2.05, 4.69) is 10.6 Å². The SMILES string of the molecule is C/C(=C\[C@H](C(C)C)N(C)C(=O)[C@@H](NC(=O)[C@@H](NCCO)C(C)(C)c1ccccc1)C(C)(C)C)C(=O)O.O=C(O)C(F)(F)F. The second kappa shape index (κ2) is 16.4. The highest BCUT2D eigenvalue weighted by atomic mass is 19.4. The van der Waals surface area contributed by atoms with Crippen molar-refractivity contribution in [2.75, 3.05) is 20.2 Å². The lowest BCUT2D eigenvalue weighted by Crippen LogP contribution is -2.62. The summed E-state index contributed by atoms with van der Waals surface area (Å²) in [6.45, 7) is 15.0. The van der Waals surface area contributed by atoms with Crippen molar-refractivity contribution in [2.24, 2.45) is 11.3 Å². The summed E-state index contributed by atoms with van der Waals surface area (Å²) in [6, 6.07) is 7.59. The molecule has 0 saturated carbocycles. The zero-order valence-electron chi connectivity index (χ0n) is 26.2. The summed E-state index contributed by atoms with van der Waals surface area (Å²) in [5, 5.41) is 32.0. The summed E-state index contributed by atoms with van der Waals surface area (Å²) < 4.78 is 31.7. The summed E-state index contributed by atoms with van der Waals surface area (Å²) in [7, 11) is 1.64. The number of halogens is 3. The van der Waals surface area contributed by atoms with Crippen molar-refractivity contribution < 1.29 is 47.7 Å². The summed E-state index contributed by atoms with van der Waals surface area (Å²) in [5.41, 5.74) is -0.158. The van der Waals surface area contributed by atoms with E-state index < -0.39 is 47.1 Å². The van der Waals surface area contributed by atoms with Gasteiger partial charge in [-0.05, 0) is 23.8 Å². The zero-order valence-corrected chi connectivity index (χ0v) is 26.2. The number of aliphatic hydroxyl groups excluding tert-OH is 1. The first kappa shape index (κ1) is 39.5. The van der Waals surface area contributed by atoms with E-state index in [0.717, 1.165) is 5.56 Å². The van der Waals surface area contributed by atoms with E-state index in [-0.39, 0.29) is 36.5 Å². The average Bonchev–Trinajstić information content (AvgIpc) is 2.88. The third kappa shape index (κ3) is 12.4. The maximum absolute atomic E-state index is 13.8. The van der Waals surface area contributed by atoms with Crippen LogP contribution in [0.1, 0.15) is 61.0 Å². The van der Waals surface area contributed by atoms with Crippen LogP contribution < -0.4 is 10.6 Å².